The second-order valence-electron chi connectivity index (χ2n) is 6.02. The number of hydrogen-bond acceptors (Lipinski definition) is 3. The van der Waals surface area contributed by atoms with Crippen LogP contribution < -0.4 is 5.73 Å². The maximum absolute atomic E-state index is 6.04. The Morgan fingerprint density at radius 2 is 1.95 bits per heavy atom. The van der Waals surface area contributed by atoms with E-state index < -0.39 is 0 Å². The molecule has 0 spiro atoms. The van der Waals surface area contributed by atoms with Gasteiger partial charge in [0.15, 0.2) is 0 Å². The average Bonchev–Trinajstić information content (AvgIpc) is 2.82. The van der Waals surface area contributed by atoms with Gasteiger partial charge in [0.05, 0.1) is 5.39 Å². The van der Waals surface area contributed by atoms with Crippen LogP contribution in [-0.2, 0) is 0 Å². The summed E-state index contributed by atoms with van der Waals surface area (Å²) in [5, 5.41) is 1.03. The number of fused-ring (bicyclic) bond motifs is 1. The number of aromatic nitrogens is 3. The van der Waals surface area contributed by atoms with Crippen LogP contribution in [0.25, 0.3) is 11.0 Å². The lowest BCUT2D eigenvalue weighted by Crippen LogP contribution is -2.16. The topological polar surface area (TPSA) is 56.7 Å². The van der Waals surface area contributed by atoms with Gasteiger partial charge in [-0.3, -0.25) is 0 Å². The molecule has 19 heavy (non-hydrogen) atoms. The summed E-state index contributed by atoms with van der Waals surface area (Å²) in [6.07, 6.45) is 4.11. The summed E-state index contributed by atoms with van der Waals surface area (Å²) in [5.41, 5.74) is 9.55. The van der Waals surface area contributed by atoms with Crippen LogP contribution in [0.15, 0.2) is 6.33 Å². The van der Waals surface area contributed by atoms with Crippen molar-refractivity contribution in [2.75, 3.05) is 5.73 Å². The van der Waals surface area contributed by atoms with E-state index in [2.05, 4.69) is 42.2 Å². The molecule has 0 aromatic carbocycles. The minimum atomic E-state index is 0.542. The summed E-state index contributed by atoms with van der Waals surface area (Å²) < 4.78 is 2.40. The molecule has 2 N–H and O–H groups in total. The van der Waals surface area contributed by atoms with Crippen molar-refractivity contribution < 1.29 is 0 Å². The molecule has 0 aliphatic heterocycles. The van der Waals surface area contributed by atoms with Crippen LogP contribution in [0.2, 0.25) is 0 Å². The van der Waals surface area contributed by atoms with Crippen molar-refractivity contribution in [1.29, 1.82) is 0 Å². The number of aryl methyl sites for hydroxylation is 1. The molecule has 3 unspecified atom stereocenters. The Balaban J connectivity index is 2.25. The summed E-state index contributed by atoms with van der Waals surface area (Å²) in [6.45, 7) is 9.00. The Morgan fingerprint density at radius 3 is 2.58 bits per heavy atom. The van der Waals surface area contributed by atoms with E-state index in [0.717, 1.165) is 17.0 Å². The third-order valence-corrected chi connectivity index (χ3v) is 5.12. The van der Waals surface area contributed by atoms with Crippen LogP contribution in [0.5, 0.6) is 0 Å². The first-order valence-corrected chi connectivity index (χ1v) is 7.10. The molecule has 4 heteroatoms. The van der Waals surface area contributed by atoms with Crippen molar-refractivity contribution >= 4 is 16.9 Å². The van der Waals surface area contributed by atoms with Gasteiger partial charge in [-0.25, -0.2) is 9.97 Å². The molecular formula is C15H22N4. The maximum atomic E-state index is 6.04. The van der Waals surface area contributed by atoms with Gasteiger partial charge in [-0.1, -0.05) is 13.8 Å². The van der Waals surface area contributed by atoms with Crippen LogP contribution in [0.1, 0.15) is 44.0 Å². The molecule has 1 aliphatic rings. The molecule has 0 bridgehead atoms. The second kappa shape index (κ2) is 4.22. The lowest BCUT2D eigenvalue weighted by Gasteiger charge is -2.22. The summed E-state index contributed by atoms with van der Waals surface area (Å²) in [5.74, 6) is 2.06. The molecule has 1 saturated carbocycles. The fourth-order valence-corrected chi connectivity index (χ4v) is 3.56. The van der Waals surface area contributed by atoms with Gasteiger partial charge in [0.2, 0.25) is 0 Å². The highest BCUT2D eigenvalue weighted by Crippen LogP contribution is 2.43. The number of anilines is 1. The standard InChI is InChI=1S/C15H22N4/c1-8-5-6-12(9(8)2)19-11(4)10(3)13-14(16)17-7-18-15(13)19/h7-9,12H,5-6H2,1-4H3,(H2,16,17,18). The molecule has 0 radical (unpaired) electrons. The van der Waals surface area contributed by atoms with Crippen LogP contribution >= 0.6 is 0 Å². The Hall–Kier alpha value is -1.58. The Kier molecular flexibility index (Phi) is 2.77. The Labute approximate surface area is 114 Å². The molecule has 4 nitrogen and oxygen atoms in total. The van der Waals surface area contributed by atoms with Crippen molar-refractivity contribution in [3.63, 3.8) is 0 Å². The molecule has 1 aliphatic carbocycles. The Morgan fingerprint density at radius 1 is 1.21 bits per heavy atom. The molecule has 2 aromatic rings. The van der Waals surface area contributed by atoms with E-state index in [1.807, 2.05) is 0 Å². The van der Waals surface area contributed by atoms with Crippen molar-refractivity contribution in [1.82, 2.24) is 14.5 Å². The third kappa shape index (κ3) is 1.66. The van der Waals surface area contributed by atoms with Crippen molar-refractivity contribution in [2.45, 2.75) is 46.6 Å². The van der Waals surface area contributed by atoms with Gasteiger partial charge >= 0.3 is 0 Å². The predicted molar refractivity (Wildman–Crippen MR) is 78.0 cm³/mol. The van der Waals surface area contributed by atoms with Crippen LogP contribution in [0, 0.1) is 25.7 Å². The van der Waals surface area contributed by atoms with E-state index in [1.165, 1.54) is 24.1 Å². The molecule has 3 rings (SSSR count). The van der Waals surface area contributed by atoms with Gasteiger partial charge in [0.25, 0.3) is 0 Å². The van der Waals surface area contributed by atoms with E-state index in [1.54, 1.807) is 6.33 Å². The number of rotatable bonds is 1. The summed E-state index contributed by atoms with van der Waals surface area (Å²) in [7, 11) is 0. The minimum absolute atomic E-state index is 0.542. The maximum Gasteiger partial charge on any atom is 0.146 e. The van der Waals surface area contributed by atoms with E-state index >= 15 is 0 Å². The third-order valence-electron chi connectivity index (χ3n) is 5.12. The molecular weight excluding hydrogens is 236 g/mol. The molecule has 1 fully saturated rings. The van der Waals surface area contributed by atoms with E-state index in [4.69, 9.17) is 5.73 Å². The van der Waals surface area contributed by atoms with Crippen LogP contribution in [0.4, 0.5) is 5.82 Å². The predicted octanol–water partition coefficient (Wildman–Crippen LogP) is 3.24. The minimum Gasteiger partial charge on any atom is -0.383 e. The molecule has 0 amide bonds. The summed E-state index contributed by atoms with van der Waals surface area (Å²) in [6, 6.07) is 0.542. The lowest BCUT2D eigenvalue weighted by atomic mass is 9.97. The van der Waals surface area contributed by atoms with Crippen LogP contribution in [0.3, 0.4) is 0 Å². The summed E-state index contributed by atoms with van der Waals surface area (Å²) >= 11 is 0. The normalized spacial score (nSPS) is 27.3. The van der Waals surface area contributed by atoms with Gasteiger partial charge in [0.1, 0.15) is 17.8 Å². The second-order valence-corrected chi connectivity index (χ2v) is 6.02. The van der Waals surface area contributed by atoms with Gasteiger partial charge in [0, 0.05) is 11.7 Å². The molecule has 3 atom stereocenters. The molecule has 2 aromatic heterocycles. The number of nitrogen functional groups attached to an aromatic ring is 1. The first-order chi connectivity index (χ1) is 9.02. The van der Waals surface area contributed by atoms with Gasteiger partial charge < -0.3 is 10.3 Å². The summed E-state index contributed by atoms with van der Waals surface area (Å²) in [4.78, 5) is 8.64. The van der Waals surface area contributed by atoms with Crippen molar-refractivity contribution in [2.24, 2.45) is 11.8 Å². The number of nitrogens with zero attached hydrogens (tertiary/aromatic N) is 3. The lowest BCUT2D eigenvalue weighted by molar-refractivity contribution is 0.354. The molecule has 102 valence electrons. The zero-order valence-electron chi connectivity index (χ0n) is 12.1. The Bertz CT molecular complexity index is 629. The van der Waals surface area contributed by atoms with Gasteiger partial charge in [-0.2, -0.15) is 0 Å². The number of hydrogen-bond donors (Lipinski definition) is 1. The highest BCUT2D eigenvalue weighted by Gasteiger charge is 2.33. The highest BCUT2D eigenvalue weighted by molar-refractivity contribution is 5.90. The fraction of sp³-hybridized carbons (Fsp3) is 0.600. The first-order valence-electron chi connectivity index (χ1n) is 7.10. The zero-order valence-corrected chi connectivity index (χ0v) is 12.1. The largest absolute Gasteiger partial charge is 0.383 e. The average molecular weight is 258 g/mol. The fourth-order valence-electron chi connectivity index (χ4n) is 3.56. The first kappa shape index (κ1) is 12.5. The quantitative estimate of drug-likeness (QED) is 0.854. The zero-order chi connectivity index (χ0) is 13.7. The van der Waals surface area contributed by atoms with Gasteiger partial charge in [-0.05, 0) is 44.1 Å². The molecule has 0 saturated heterocycles. The van der Waals surface area contributed by atoms with Gasteiger partial charge in [-0.15, -0.1) is 0 Å². The SMILES string of the molecule is Cc1c(C)n(C2CCC(C)C2C)c2ncnc(N)c12. The monoisotopic (exact) mass is 258 g/mol. The van der Waals surface area contributed by atoms with E-state index in [-0.39, 0.29) is 0 Å². The number of nitrogens with two attached hydrogens (primary N) is 1. The molecule has 2 heterocycles. The van der Waals surface area contributed by atoms with E-state index in [0.29, 0.717) is 17.8 Å². The highest BCUT2D eigenvalue weighted by atomic mass is 15.1. The van der Waals surface area contributed by atoms with Crippen molar-refractivity contribution in [3.8, 4) is 0 Å². The van der Waals surface area contributed by atoms with Crippen LogP contribution in [-0.4, -0.2) is 14.5 Å². The smallest absolute Gasteiger partial charge is 0.146 e. The van der Waals surface area contributed by atoms with E-state index in [9.17, 15) is 0 Å². The van der Waals surface area contributed by atoms with Crippen molar-refractivity contribution in [3.05, 3.63) is 17.6 Å².